The van der Waals surface area contributed by atoms with Crippen LogP contribution in [0.25, 0.3) is 22.3 Å². The van der Waals surface area contributed by atoms with E-state index in [0.717, 1.165) is 25.9 Å². The standard InChI is InChI=1S/C26H26N8O3/c1-2-11-33-12-5-6-16(13-33)34-25-20(24(27)29-14-30-25)21(32-34)17-8-9-18(23-22(17)36-15-37-23)31-26(35)19-7-3-4-10-28-19/h2-4,7-11,14,16H,5-6,12-13,15H2,1H3,(H,31,35)(H2,27,29,30)/t16-/m1/s1. The number of nitrogens with zero attached hydrogens (tertiary/aromatic N) is 6. The summed E-state index contributed by atoms with van der Waals surface area (Å²) in [5.41, 5.74) is 9.11. The van der Waals surface area contributed by atoms with E-state index in [1.165, 1.54) is 6.33 Å². The van der Waals surface area contributed by atoms with Gasteiger partial charge in [-0.05, 0) is 50.2 Å². The lowest BCUT2D eigenvalue weighted by Crippen LogP contribution is -2.33. The van der Waals surface area contributed by atoms with Crippen molar-refractivity contribution in [3.63, 3.8) is 0 Å². The molecule has 1 amide bonds. The summed E-state index contributed by atoms with van der Waals surface area (Å²) in [5, 5.41) is 8.53. The van der Waals surface area contributed by atoms with Gasteiger partial charge in [0.1, 0.15) is 23.5 Å². The molecule has 2 aliphatic rings. The molecule has 3 aromatic heterocycles. The number of pyridine rings is 1. The summed E-state index contributed by atoms with van der Waals surface area (Å²) >= 11 is 0. The largest absolute Gasteiger partial charge is 0.453 e. The van der Waals surface area contributed by atoms with Crippen molar-refractivity contribution in [2.45, 2.75) is 25.8 Å². The van der Waals surface area contributed by atoms with E-state index in [1.54, 1.807) is 30.5 Å². The van der Waals surface area contributed by atoms with Gasteiger partial charge in [0, 0.05) is 24.8 Å². The number of piperidine rings is 1. The zero-order chi connectivity index (χ0) is 25.4. The second-order valence-corrected chi connectivity index (χ2v) is 8.92. The van der Waals surface area contributed by atoms with Crippen LogP contribution in [0.15, 0.2) is 55.1 Å². The fourth-order valence-electron chi connectivity index (χ4n) is 4.93. The number of allylic oxidation sites excluding steroid dienone is 1. The number of nitrogens with two attached hydrogens (primary N) is 1. The number of likely N-dealkylation sites (tertiary alicyclic amines) is 1. The number of anilines is 2. The van der Waals surface area contributed by atoms with Gasteiger partial charge in [-0.25, -0.2) is 14.6 Å². The molecule has 5 heterocycles. The second-order valence-electron chi connectivity index (χ2n) is 8.92. The van der Waals surface area contributed by atoms with Crippen LogP contribution in [-0.4, -0.2) is 55.4 Å². The SMILES string of the molecule is CC=CN1CCC[C@@H](n2nc(-c3ccc(NC(=O)c4ccccn4)c4c3OCO4)c3c(N)ncnc32)C1. The Morgan fingerprint density at radius 3 is 2.89 bits per heavy atom. The Morgan fingerprint density at radius 2 is 2.05 bits per heavy atom. The fourth-order valence-corrected chi connectivity index (χ4v) is 4.93. The van der Waals surface area contributed by atoms with Crippen LogP contribution in [0.2, 0.25) is 0 Å². The molecular weight excluding hydrogens is 472 g/mol. The topological polar surface area (TPSA) is 133 Å². The van der Waals surface area contributed by atoms with E-state index in [2.05, 4.69) is 31.4 Å². The van der Waals surface area contributed by atoms with Crippen molar-refractivity contribution in [3.05, 3.63) is 60.8 Å². The summed E-state index contributed by atoms with van der Waals surface area (Å²) in [6.45, 7) is 3.86. The van der Waals surface area contributed by atoms with Gasteiger partial charge >= 0.3 is 0 Å². The number of carbonyl (C=O) groups is 1. The van der Waals surface area contributed by atoms with Gasteiger partial charge in [-0.3, -0.25) is 9.78 Å². The number of ether oxygens (including phenoxy) is 2. The smallest absolute Gasteiger partial charge is 0.274 e. The zero-order valence-electron chi connectivity index (χ0n) is 20.3. The van der Waals surface area contributed by atoms with Crippen molar-refractivity contribution < 1.29 is 14.3 Å². The van der Waals surface area contributed by atoms with E-state index < -0.39 is 0 Å². The van der Waals surface area contributed by atoms with E-state index in [0.29, 0.717) is 51.0 Å². The number of carbonyl (C=O) groups excluding carboxylic acids is 1. The van der Waals surface area contributed by atoms with Crippen LogP contribution in [0, 0.1) is 0 Å². The molecule has 37 heavy (non-hydrogen) atoms. The lowest BCUT2D eigenvalue weighted by Gasteiger charge is -2.32. The first-order valence-corrected chi connectivity index (χ1v) is 12.1. The Hall–Kier alpha value is -4.67. The highest BCUT2D eigenvalue weighted by Crippen LogP contribution is 2.48. The summed E-state index contributed by atoms with van der Waals surface area (Å²) in [6, 6.07) is 8.89. The molecule has 0 saturated carbocycles. The molecule has 0 aliphatic carbocycles. The molecule has 0 spiro atoms. The highest BCUT2D eigenvalue weighted by Gasteiger charge is 2.30. The van der Waals surface area contributed by atoms with E-state index in [4.69, 9.17) is 20.3 Å². The van der Waals surface area contributed by atoms with Gasteiger partial charge in [0.2, 0.25) is 6.79 Å². The molecule has 11 heteroatoms. The average molecular weight is 499 g/mol. The Kier molecular flexibility index (Phi) is 5.79. The number of hydrogen-bond donors (Lipinski definition) is 2. The maximum atomic E-state index is 12.7. The quantitative estimate of drug-likeness (QED) is 0.423. The molecule has 4 aromatic rings. The number of hydrogen-bond acceptors (Lipinski definition) is 9. The minimum absolute atomic E-state index is 0.0182. The average Bonchev–Trinajstić information content (AvgIpc) is 3.57. The van der Waals surface area contributed by atoms with Crippen LogP contribution in [0.5, 0.6) is 11.5 Å². The van der Waals surface area contributed by atoms with Crippen LogP contribution in [0.1, 0.15) is 36.3 Å². The molecule has 1 fully saturated rings. The van der Waals surface area contributed by atoms with E-state index in [1.807, 2.05) is 23.7 Å². The highest BCUT2D eigenvalue weighted by molar-refractivity contribution is 6.05. The van der Waals surface area contributed by atoms with Crippen LogP contribution >= 0.6 is 0 Å². The number of benzene rings is 1. The summed E-state index contributed by atoms with van der Waals surface area (Å²) in [6.07, 6.45) is 9.21. The molecule has 2 aliphatic heterocycles. The van der Waals surface area contributed by atoms with E-state index >= 15 is 0 Å². The molecular formula is C26H26N8O3. The monoisotopic (exact) mass is 498 g/mol. The summed E-state index contributed by atoms with van der Waals surface area (Å²) in [5.74, 6) is 0.901. The minimum Gasteiger partial charge on any atom is -0.453 e. The first-order chi connectivity index (χ1) is 18.1. The molecule has 3 N–H and O–H groups in total. The maximum Gasteiger partial charge on any atom is 0.274 e. The first-order valence-electron chi connectivity index (χ1n) is 12.1. The molecule has 1 atom stereocenters. The lowest BCUT2D eigenvalue weighted by atomic mass is 10.1. The Labute approximate surface area is 212 Å². The third-order valence-corrected chi connectivity index (χ3v) is 6.57. The number of rotatable bonds is 5. The lowest BCUT2D eigenvalue weighted by molar-refractivity contribution is 0.102. The van der Waals surface area contributed by atoms with Crippen LogP contribution in [0.4, 0.5) is 11.5 Å². The molecule has 1 saturated heterocycles. The van der Waals surface area contributed by atoms with Gasteiger partial charge in [-0.15, -0.1) is 0 Å². The number of nitrogens with one attached hydrogen (secondary N) is 1. The van der Waals surface area contributed by atoms with Crippen LogP contribution < -0.4 is 20.5 Å². The third-order valence-electron chi connectivity index (χ3n) is 6.57. The first kappa shape index (κ1) is 22.8. The van der Waals surface area contributed by atoms with Crippen molar-refractivity contribution in [2.75, 3.05) is 30.9 Å². The van der Waals surface area contributed by atoms with Crippen molar-refractivity contribution >= 4 is 28.4 Å². The van der Waals surface area contributed by atoms with Gasteiger partial charge in [0.05, 0.1) is 17.1 Å². The predicted molar refractivity (Wildman–Crippen MR) is 138 cm³/mol. The van der Waals surface area contributed by atoms with E-state index in [-0.39, 0.29) is 18.7 Å². The van der Waals surface area contributed by atoms with Crippen molar-refractivity contribution in [1.29, 1.82) is 0 Å². The van der Waals surface area contributed by atoms with Gasteiger partial charge in [-0.1, -0.05) is 12.1 Å². The maximum absolute atomic E-state index is 12.7. The third kappa shape index (κ3) is 4.07. The second kappa shape index (κ2) is 9.41. The molecule has 1 aromatic carbocycles. The van der Waals surface area contributed by atoms with Gasteiger partial charge in [0.25, 0.3) is 5.91 Å². The van der Waals surface area contributed by atoms with Gasteiger partial charge in [0.15, 0.2) is 17.1 Å². The zero-order valence-corrected chi connectivity index (χ0v) is 20.3. The Balaban J connectivity index is 1.42. The number of nitrogen functional groups attached to an aromatic ring is 1. The predicted octanol–water partition coefficient (Wildman–Crippen LogP) is 3.62. The molecule has 6 rings (SSSR count). The summed E-state index contributed by atoms with van der Waals surface area (Å²) in [4.78, 5) is 27.9. The van der Waals surface area contributed by atoms with Gasteiger partial charge < -0.3 is 25.4 Å². The van der Waals surface area contributed by atoms with E-state index in [9.17, 15) is 4.79 Å². The highest BCUT2D eigenvalue weighted by atomic mass is 16.7. The molecule has 188 valence electrons. The molecule has 0 unspecified atom stereocenters. The summed E-state index contributed by atoms with van der Waals surface area (Å²) < 4.78 is 13.6. The van der Waals surface area contributed by atoms with Gasteiger partial charge in [-0.2, -0.15) is 5.10 Å². The van der Waals surface area contributed by atoms with Crippen LogP contribution in [-0.2, 0) is 0 Å². The molecule has 11 nitrogen and oxygen atoms in total. The molecule has 0 radical (unpaired) electrons. The summed E-state index contributed by atoms with van der Waals surface area (Å²) in [7, 11) is 0. The normalized spacial score (nSPS) is 17.0. The minimum atomic E-state index is -0.346. The fraction of sp³-hybridized carbons (Fsp3) is 0.269. The Morgan fingerprint density at radius 1 is 1.16 bits per heavy atom. The Bertz CT molecular complexity index is 1500. The van der Waals surface area contributed by atoms with Crippen molar-refractivity contribution in [3.8, 4) is 22.8 Å². The molecule has 0 bridgehead atoms. The number of aromatic nitrogens is 5. The van der Waals surface area contributed by atoms with Crippen LogP contribution in [0.3, 0.4) is 0 Å². The number of fused-ring (bicyclic) bond motifs is 2. The van der Waals surface area contributed by atoms with Crippen molar-refractivity contribution in [1.82, 2.24) is 29.6 Å². The van der Waals surface area contributed by atoms with Crippen molar-refractivity contribution in [2.24, 2.45) is 0 Å². The number of amides is 1.